The van der Waals surface area contributed by atoms with Gasteiger partial charge in [-0.1, -0.05) is 24.4 Å². The molecule has 0 bridgehead atoms. The van der Waals surface area contributed by atoms with Gasteiger partial charge in [-0.05, 0) is 23.8 Å². The van der Waals surface area contributed by atoms with Crippen molar-refractivity contribution in [3.63, 3.8) is 0 Å². The highest BCUT2D eigenvalue weighted by molar-refractivity contribution is 7.92. The molecule has 6 nitrogen and oxygen atoms in total. The predicted molar refractivity (Wildman–Crippen MR) is 94.2 cm³/mol. The number of aromatic nitrogens is 1. The van der Waals surface area contributed by atoms with Gasteiger partial charge >= 0.3 is 0 Å². The van der Waals surface area contributed by atoms with E-state index in [-0.39, 0.29) is 10.9 Å². The molecule has 3 rings (SSSR count). The average Bonchev–Trinajstić information content (AvgIpc) is 2.99. The zero-order valence-electron chi connectivity index (χ0n) is 12.4. The van der Waals surface area contributed by atoms with Crippen LogP contribution in [0.1, 0.15) is 5.56 Å². The average molecular weight is 348 g/mol. The Morgan fingerprint density at radius 3 is 2.83 bits per heavy atom. The molecule has 2 aromatic rings. The van der Waals surface area contributed by atoms with Crippen LogP contribution in [0.3, 0.4) is 0 Å². The Balaban J connectivity index is 2.01. The number of fused-ring (bicyclic) bond motifs is 1. The number of nitrogens with one attached hydrogen (secondary N) is 1. The van der Waals surface area contributed by atoms with Gasteiger partial charge in [0.05, 0.1) is 22.4 Å². The van der Waals surface area contributed by atoms with Gasteiger partial charge in [0.25, 0.3) is 10.0 Å². The van der Waals surface area contributed by atoms with Crippen LogP contribution in [0.15, 0.2) is 47.6 Å². The van der Waals surface area contributed by atoms with Gasteiger partial charge in [-0.2, -0.15) is 0 Å². The standard InChI is InChI=1S/C15H16N4O2S2/c1-19(23(20,21)11-5-3-7-17-9-11)13-6-2-4-10-8-12(15(16)22)18-14(10)13/h2-7,9,12,18H,8H2,1H3,(H2,16,22). The molecule has 1 atom stereocenters. The summed E-state index contributed by atoms with van der Waals surface area (Å²) in [6.07, 6.45) is 3.52. The van der Waals surface area contributed by atoms with E-state index in [1.807, 2.05) is 12.1 Å². The van der Waals surface area contributed by atoms with Crippen LogP contribution in [0, 0.1) is 0 Å². The Hall–Kier alpha value is -2.19. The summed E-state index contributed by atoms with van der Waals surface area (Å²) >= 11 is 5.04. The van der Waals surface area contributed by atoms with Crippen molar-refractivity contribution in [1.82, 2.24) is 4.98 Å². The van der Waals surface area contributed by atoms with E-state index < -0.39 is 10.0 Å². The summed E-state index contributed by atoms with van der Waals surface area (Å²) in [5, 5.41) is 3.22. The second-order valence-corrected chi connectivity index (χ2v) is 7.72. The normalized spacial score (nSPS) is 16.5. The Morgan fingerprint density at radius 2 is 2.17 bits per heavy atom. The van der Waals surface area contributed by atoms with E-state index in [0.29, 0.717) is 17.1 Å². The highest BCUT2D eigenvalue weighted by Crippen LogP contribution is 2.37. The first-order valence-corrected chi connectivity index (χ1v) is 8.83. The molecule has 0 amide bonds. The number of sulfonamides is 1. The van der Waals surface area contributed by atoms with E-state index in [0.717, 1.165) is 11.3 Å². The lowest BCUT2D eigenvalue weighted by Crippen LogP contribution is -2.32. The quantitative estimate of drug-likeness (QED) is 0.815. The van der Waals surface area contributed by atoms with Gasteiger partial charge in [0.1, 0.15) is 4.90 Å². The van der Waals surface area contributed by atoms with Crippen LogP contribution in [-0.4, -0.2) is 31.5 Å². The maximum absolute atomic E-state index is 12.8. The van der Waals surface area contributed by atoms with E-state index in [9.17, 15) is 8.42 Å². The van der Waals surface area contributed by atoms with Crippen LogP contribution >= 0.6 is 12.2 Å². The maximum atomic E-state index is 12.8. The van der Waals surface area contributed by atoms with E-state index in [1.54, 1.807) is 12.1 Å². The van der Waals surface area contributed by atoms with Gasteiger partial charge in [-0.3, -0.25) is 9.29 Å². The van der Waals surface area contributed by atoms with Crippen LogP contribution < -0.4 is 15.4 Å². The summed E-state index contributed by atoms with van der Waals surface area (Å²) in [5.41, 5.74) is 8.01. The lowest BCUT2D eigenvalue weighted by molar-refractivity contribution is 0.594. The number of nitrogens with two attached hydrogens (primary N) is 1. The van der Waals surface area contributed by atoms with Crippen molar-refractivity contribution in [3.05, 3.63) is 48.3 Å². The lowest BCUT2D eigenvalue weighted by Gasteiger charge is -2.22. The fraction of sp³-hybridized carbons (Fsp3) is 0.200. The topological polar surface area (TPSA) is 88.3 Å². The van der Waals surface area contributed by atoms with Gasteiger partial charge in [0, 0.05) is 25.9 Å². The molecule has 1 aromatic heterocycles. The molecule has 0 saturated carbocycles. The molecule has 0 fully saturated rings. The summed E-state index contributed by atoms with van der Waals surface area (Å²) in [6.45, 7) is 0. The Morgan fingerprint density at radius 1 is 1.39 bits per heavy atom. The fourth-order valence-corrected chi connectivity index (χ4v) is 3.90. The number of hydrogen-bond acceptors (Lipinski definition) is 5. The minimum absolute atomic E-state index is 0.143. The Bertz CT molecular complexity index is 853. The molecular weight excluding hydrogens is 332 g/mol. The predicted octanol–water partition coefficient (Wildman–Crippen LogP) is 1.53. The van der Waals surface area contributed by atoms with Crippen LogP contribution in [-0.2, 0) is 16.4 Å². The number of nitrogens with zero attached hydrogens (tertiary/aromatic N) is 2. The molecule has 1 aliphatic rings. The molecule has 1 aliphatic heterocycles. The first-order valence-electron chi connectivity index (χ1n) is 6.98. The molecule has 0 spiro atoms. The molecule has 2 heterocycles. The van der Waals surface area contributed by atoms with E-state index >= 15 is 0 Å². The number of thiocarbonyl (C=S) groups is 1. The fourth-order valence-electron chi connectivity index (χ4n) is 2.59. The first-order chi connectivity index (χ1) is 10.9. The minimum atomic E-state index is -3.68. The third-order valence-electron chi connectivity index (χ3n) is 3.85. The smallest absolute Gasteiger partial charge is 0.265 e. The largest absolute Gasteiger partial charge is 0.392 e. The molecular formula is C15H16N4O2S2. The second kappa shape index (κ2) is 5.78. The SMILES string of the molecule is CN(c1cccc2c1NC(C(N)=S)C2)S(=O)(=O)c1cccnc1. The molecule has 23 heavy (non-hydrogen) atoms. The minimum Gasteiger partial charge on any atom is -0.392 e. The summed E-state index contributed by atoms with van der Waals surface area (Å²) < 4.78 is 26.8. The lowest BCUT2D eigenvalue weighted by atomic mass is 10.1. The zero-order valence-corrected chi connectivity index (χ0v) is 14.1. The number of para-hydroxylation sites is 1. The number of pyridine rings is 1. The molecule has 0 saturated heterocycles. The van der Waals surface area contributed by atoms with Gasteiger partial charge < -0.3 is 11.1 Å². The summed E-state index contributed by atoms with van der Waals surface area (Å²) in [4.78, 5) is 4.39. The highest BCUT2D eigenvalue weighted by Gasteiger charge is 2.29. The van der Waals surface area contributed by atoms with Crippen molar-refractivity contribution < 1.29 is 8.42 Å². The monoisotopic (exact) mass is 348 g/mol. The van der Waals surface area contributed by atoms with Crippen molar-refractivity contribution in [2.24, 2.45) is 5.73 Å². The van der Waals surface area contributed by atoms with Crippen molar-refractivity contribution in [3.8, 4) is 0 Å². The van der Waals surface area contributed by atoms with Crippen molar-refractivity contribution in [2.75, 3.05) is 16.7 Å². The number of anilines is 2. The Labute approximate surface area is 140 Å². The van der Waals surface area contributed by atoms with Gasteiger partial charge in [0.15, 0.2) is 0 Å². The van der Waals surface area contributed by atoms with E-state index in [2.05, 4.69) is 10.3 Å². The summed E-state index contributed by atoms with van der Waals surface area (Å²) in [6, 6.07) is 8.48. The van der Waals surface area contributed by atoms with E-state index in [4.69, 9.17) is 18.0 Å². The summed E-state index contributed by atoms with van der Waals surface area (Å²) in [7, 11) is -2.16. The van der Waals surface area contributed by atoms with Crippen molar-refractivity contribution in [1.29, 1.82) is 0 Å². The van der Waals surface area contributed by atoms with Crippen molar-refractivity contribution in [2.45, 2.75) is 17.4 Å². The number of benzene rings is 1. The maximum Gasteiger partial charge on any atom is 0.265 e. The summed E-state index contributed by atoms with van der Waals surface area (Å²) in [5.74, 6) is 0. The highest BCUT2D eigenvalue weighted by atomic mass is 32.2. The van der Waals surface area contributed by atoms with Crippen LogP contribution in [0.5, 0.6) is 0 Å². The van der Waals surface area contributed by atoms with Gasteiger partial charge in [-0.25, -0.2) is 8.42 Å². The molecule has 3 N–H and O–H groups in total. The molecule has 1 aromatic carbocycles. The van der Waals surface area contributed by atoms with Crippen LogP contribution in [0.2, 0.25) is 0 Å². The van der Waals surface area contributed by atoms with Crippen molar-refractivity contribution >= 4 is 38.6 Å². The number of rotatable bonds is 4. The second-order valence-electron chi connectivity index (χ2n) is 5.28. The third kappa shape index (κ3) is 2.75. The molecule has 0 radical (unpaired) electrons. The van der Waals surface area contributed by atoms with Gasteiger partial charge in [0.2, 0.25) is 0 Å². The molecule has 1 unspecified atom stereocenters. The number of hydrogen-bond donors (Lipinski definition) is 2. The Kier molecular flexibility index (Phi) is 3.95. The van der Waals surface area contributed by atoms with E-state index in [1.165, 1.54) is 29.8 Å². The molecule has 120 valence electrons. The first kappa shape index (κ1) is 15.7. The van der Waals surface area contributed by atoms with Gasteiger partial charge in [-0.15, -0.1) is 0 Å². The molecule has 8 heteroatoms. The zero-order chi connectivity index (χ0) is 16.6. The van der Waals surface area contributed by atoms with Crippen LogP contribution in [0.4, 0.5) is 11.4 Å². The van der Waals surface area contributed by atoms with Crippen LogP contribution in [0.25, 0.3) is 0 Å². The third-order valence-corrected chi connectivity index (χ3v) is 5.89. The molecule has 0 aliphatic carbocycles.